The number of carbonyl (C=O) groups excluding carboxylic acids is 1. The SMILES string of the molecule is Cc1ccc(-c2cc(C(=O)NCc3cccc(C)n3)cc(-n3nnnc3C(C)C)c2)nc1. The average Bonchev–Trinajstić information content (AvgIpc) is 3.28. The van der Waals surface area contributed by atoms with E-state index in [4.69, 9.17) is 0 Å². The van der Waals surface area contributed by atoms with Crippen LogP contribution < -0.4 is 5.32 Å². The second-order valence-corrected chi connectivity index (χ2v) is 8.05. The monoisotopic (exact) mass is 427 g/mol. The van der Waals surface area contributed by atoms with Crippen molar-refractivity contribution in [3.63, 3.8) is 0 Å². The number of aryl methyl sites for hydroxylation is 2. The van der Waals surface area contributed by atoms with Crippen molar-refractivity contribution in [2.45, 2.75) is 40.2 Å². The number of tetrazole rings is 1. The van der Waals surface area contributed by atoms with Crippen LogP contribution in [0.1, 0.15) is 52.9 Å². The third kappa shape index (κ3) is 4.69. The smallest absolute Gasteiger partial charge is 0.251 e. The van der Waals surface area contributed by atoms with Crippen LogP contribution in [0.4, 0.5) is 0 Å². The Balaban J connectivity index is 1.72. The fourth-order valence-corrected chi connectivity index (χ4v) is 3.36. The first-order chi connectivity index (χ1) is 15.4. The predicted octanol–water partition coefficient (Wildman–Crippen LogP) is 3.79. The van der Waals surface area contributed by atoms with Gasteiger partial charge in [0.1, 0.15) is 0 Å². The van der Waals surface area contributed by atoms with Crippen molar-refractivity contribution in [2.75, 3.05) is 0 Å². The molecule has 0 aliphatic carbocycles. The first-order valence-corrected chi connectivity index (χ1v) is 10.5. The summed E-state index contributed by atoms with van der Waals surface area (Å²) < 4.78 is 1.67. The Labute approximate surface area is 186 Å². The second kappa shape index (κ2) is 9.05. The van der Waals surface area contributed by atoms with Gasteiger partial charge in [0.05, 0.1) is 23.6 Å². The Hall–Kier alpha value is -3.94. The van der Waals surface area contributed by atoms with E-state index < -0.39 is 0 Å². The first-order valence-electron chi connectivity index (χ1n) is 10.5. The minimum Gasteiger partial charge on any atom is -0.346 e. The zero-order valence-electron chi connectivity index (χ0n) is 18.6. The molecule has 0 saturated heterocycles. The maximum absolute atomic E-state index is 13.1. The van der Waals surface area contributed by atoms with E-state index in [1.807, 2.05) is 76.4 Å². The zero-order chi connectivity index (χ0) is 22.7. The van der Waals surface area contributed by atoms with Crippen molar-refractivity contribution in [3.8, 4) is 16.9 Å². The second-order valence-electron chi connectivity index (χ2n) is 8.05. The molecule has 3 aromatic heterocycles. The number of benzene rings is 1. The van der Waals surface area contributed by atoms with Gasteiger partial charge in [-0.05, 0) is 66.2 Å². The van der Waals surface area contributed by atoms with Crippen LogP contribution in [0.25, 0.3) is 16.9 Å². The summed E-state index contributed by atoms with van der Waals surface area (Å²) in [4.78, 5) is 22.0. The van der Waals surface area contributed by atoms with Crippen LogP contribution in [0.3, 0.4) is 0 Å². The molecule has 1 aromatic carbocycles. The molecule has 0 atom stereocenters. The molecule has 0 aliphatic rings. The Morgan fingerprint density at radius 2 is 1.94 bits per heavy atom. The summed E-state index contributed by atoms with van der Waals surface area (Å²) in [6, 6.07) is 15.2. The van der Waals surface area contributed by atoms with E-state index in [1.54, 1.807) is 10.7 Å². The predicted molar refractivity (Wildman–Crippen MR) is 121 cm³/mol. The molecule has 8 nitrogen and oxygen atoms in total. The van der Waals surface area contributed by atoms with Gasteiger partial charge in [0.2, 0.25) is 0 Å². The molecular formula is C24H25N7O. The Kier molecular flexibility index (Phi) is 6.02. The third-order valence-corrected chi connectivity index (χ3v) is 5.02. The van der Waals surface area contributed by atoms with Crippen LogP contribution in [0, 0.1) is 13.8 Å². The Morgan fingerprint density at radius 1 is 1.09 bits per heavy atom. The fourth-order valence-electron chi connectivity index (χ4n) is 3.36. The largest absolute Gasteiger partial charge is 0.346 e. The third-order valence-electron chi connectivity index (χ3n) is 5.02. The molecule has 0 fully saturated rings. The van der Waals surface area contributed by atoms with Crippen molar-refractivity contribution in [1.29, 1.82) is 0 Å². The van der Waals surface area contributed by atoms with Crippen molar-refractivity contribution >= 4 is 5.91 Å². The average molecular weight is 428 g/mol. The molecule has 162 valence electrons. The number of nitrogens with zero attached hydrogens (tertiary/aromatic N) is 6. The normalized spacial score (nSPS) is 11.0. The molecule has 0 radical (unpaired) electrons. The minimum atomic E-state index is -0.206. The number of nitrogens with one attached hydrogen (secondary N) is 1. The molecule has 1 amide bonds. The lowest BCUT2D eigenvalue weighted by molar-refractivity contribution is 0.0950. The number of carbonyl (C=O) groups is 1. The van der Waals surface area contributed by atoms with E-state index in [1.165, 1.54) is 0 Å². The first kappa shape index (κ1) is 21.3. The van der Waals surface area contributed by atoms with Crippen LogP contribution in [0.2, 0.25) is 0 Å². The minimum absolute atomic E-state index is 0.121. The van der Waals surface area contributed by atoms with Gasteiger partial charge in [0, 0.05) is 28.9 Å². The highest BCUT2D eigenvalue weighted by Crippen LogP contribution is 2.25. The summed E-state index contributed by atoms with van der Waals surface area (Å²) in [6.45, 7) is 8.30. The maximum Gasteiger partial charge on any atom is 0.251 e. The van der Waals surface area contributed by atoms with Crippen molar-refractivity contribution < 1.29 is 4.79 Å². The molecular weight excluding hydrogens is 402 g/mol. The fraction of sp³-hybridized carbons (Fsp3) is 0.250. The molecule has 4 aromatic rings. The van der Waals surface area contributed by atoms with Crippen molar-refractivity contribution in [2.24, 2.45) is 0 Å². The van der Waals surface area contributed by atoms with E-state index in [9.17, 15) is 4.79 Å². The molecule has 1 N–H and O–H groups in total. The number of pyridine rings is 2. The van der Waals surface area contributed by atoms with Crippen molar-refractivity contribution in [1.82, 2.24) is 35.5 Å². The number of hydrogen-bond acceptors (Lipinski definition) is 6. The molecule has 0 spiro atoms. The summed E-state index contributed by atoms with van der Waals surface area (Å²) in [6.07, 6.45) is 1.81. The number of hydrogen-bond donors (Lipinski definition) is 1. The molecule has 8 heteroatoms. The maximum atomic E-state index is 13.1. The summed E-state index contributed by atoms with van der Waals surface area (Å²) in [5, 5.41) is 15.1. The highest BCUT2D eigenvalue weighted by molar-refractivity contribution is 5.96. The number of aromatic nitrogens is 6. The summed E-state index contributed by atoms with van der Waals surface area (Å²) in [5.74, 6) is 0.632. The highest BCUT2D eigenvalue weighted by Gasteiger charge is 2.16. The number of rotatable bonds is 6. The van der Waals surface area contributed by atoms with Crippen molar-refractivity contribution in [3.05, 3.63) is 83.1 Å². The molecule has 0 aliphatic heterocycles. The summed E-state index contributed by atoms with van der Waals surface area (Å²) in [5.41, 5.74) is 5.56. The van der Waals surface area contributed by atoms with Gasteiger partial charge >= 0.3 is 0 Å². The van der Waals surface area contributed by atoms with Crippen LogP contribution in [-0.4, -0.2) is 36.1 Å². The lowest BCUT2D eigenvalue weighted by Gasteiger charge is -2.12. The van der Waals surface area contributed by atoms with E-state index in [0.29, 0.717) is 23.6 Å². The van der Waals surface area contributed by atoms with Gasteiger partial charge in [-0.25, -0.2) is 0 Å². The van der Waals surface area contributed by atoms with Gasteiger partial charge in [0.15, 0.2) is 5.82 Å². The van der Waals surface area contributed by atoms with Gasteiger partial charge in [0.25, 0.3) is 5.91 Å². The van der Waals surface area contributed by atoms with E-state index in [-0.39, 0.29) is 11.8 Å². The van der Waals surface area contributed by atoms with Gasteiger partial charge < -0.3 is 5.32 Å². The molecule has 32 heavy (non-hydrogen) atoms. The summed E-state index contributed by atoms with van der Waals surface area (Å²) in [7, 11) is 0. The van der Waals surface area contributed by atoms with Crippen LogP contribution in [-0.2, 0) is 6.54 Å². The lowest BCUT2D eigenvalue weighted by Crippen LogP contribution is -2.23. The highest BCUT2D eigenvalue weighted by atomic mass is 16.1. The van der Waals surface area contributed by atoms with E-state index >= 15 is 0 Å². The van der Waals surface area contributed by atoms with E-state index in [2.05, 4.69) is 30.8 Å². The standard InChI is InChI=1S/C24H25N7O/c1-15(2)23-28-29-30-31(23)21-11-18(22-9-8-16(3)13-25-22)10-19(12-21)24(32)26-14-20-7-5-6-17(4)27-20/h5-13,15H,14H2,1-4H3,(H,26,32). The zero-order valence-corrected chi connectivity index (χ0v) is 18.6. The van der Waals surface area contributed by atoms with Gasteiger partial charge in [-0.3, -0.25) is 14.8 Å². The molecule has 4 rings (SSSR count). The van der Waals surface area contributed by atoms with Crippen LogP contribution in [0.5, 0.6) is 0 Å². The molecule has 0 bridgehead atoms. The lowest BCUT2D eigenvalue weighted by atomic mass is 10.0. The van der Waals surface area contributed by atoms with Gasteiger partial charge in [-0.1, -0.05) is 26.0 Å². The Morgan fingerprint density at radius 3 is 2.66 bits per heavy atom. The molecule has 0 unspecified atom stereocenters. The summed E-state index contributed by atoms with van der Waals surface area (Å²) >= 11 is 0. The Bertz CT molecular complexity index is 1250. The quantitative estimate of drug-likeness (QED) is 0.503. The number of amides is 1. The van der Waals surface area contributed by atoms with Gasteiger partial charge in [-0.15, -0.1) is 5.10 Å². The molecule has 0 saturated carbocycles. The van der Waals surface area contributed by atoms with Gasteiger partial charge in [-0.2, -0.15) is 4.68 Å². The van der Waals surface area contributed by atoms with E-state index in [0.717, 1.165) is 28.2 Å². The molecule has 3 heterocycles. The topological polar surface area (TPSA) is 98.5 Å². The van der Waals surface area contributed by atoms with Crippen LogP contribution >= 0.6 is 0 Å². The van der Waals surface area contributed by atoms with Crippen LogP contribution in [0.15, 0.2) is 54.7 Å².